The zero-order valence-electron chi connectivity index (χ0n) is 10.2. The average molecular weight is 367 g/mol. The molecule has 0 saturated heterocycles. The van der Waals surface area contributed by atoms with E-state index in [-0.39, 0.29) is 27.0 Å². The van der Waals surface area contributed by atoms with Gasteiger partial charge in [-0.15, -0.1) is 11.3 Å². The molecule has 1 aromatic carbocycles. The standard InChI is InChI=1S/C11H8Cl2N2O4S2/c12-8-2-9(13)10(1-7(8)11(16)17)21(18,19)15-4-6-3-14-5-20-6/h1-3,5,15H,4H2,(H,16,17). The van der Waals surface area contributed by atoms with Crippen LogP contribution in [-0.4, -0.2) is 24.5 Å². The predicted octanol–water partition coefficient (Wildman–Crippen LogP) is 2.63. The number of carboxylic acids is 1. The number of halogens is 2. The first-order chi connectivity index (χ1) is 9.81. The molecule has 2 aromatic rings. The Kier molecular flexibility index (Phi) is 4.84. The minimum Gasteiger partial charge on any atom is -0.478 e. The number of nitrogens with one attached hydrogen (secondary N) is 1. The number of nitrogens with zero attached hydrogens (tertiary/aromatic N) is 1. The van der Waals surface area contributed by atoms with Gasteiger partial charge in [-0.05, 0) is 12.1 Å². The molecule has 0 atom stereocenters. The van der Waals surface area contributed by atoms with E-state index >= 15 is 0 Å². The number of carbonyl (C=O) groups is 1. The minimum absolute atomic E-state index is 0.0361. The monoisotopic (exact) mass is 366 g/mol. The minimum atomic E-state index is -3.96. The Morgan fingerprint density at radius 2 is 2.05 bits per heavy atom. The van der Waals surface area contributed by atoms with Crippen molar-refractivity contribution in [3.05, 3.63) is 44.3 Å². The van der Waals surface area contributed by atoms with Gasteiger partial charge in [-0.3, -0.25) is 4.98 Å². The molecule has 0 aliphatic rings. The van der Waals surface area contributed by atoms with Gasteiger partial charge in [0.25, 0.3) is 0 Å². The van der Waals surface area contributed by atoms with Crippen molar-refractivity contribution in [3.8, 4) is 0 Å². The molecule has 0 fully saturated rings. The topological polar surface area (TPSA) is 96.4 Å². The molecule has 21 heavy (non-hydrogen) atoms. The van der Waals surface area contributed by atoms with Gasteiger partial charge in [0.2, 0.25) is 10.0 Å². The van der Waals surface area contributed by atoms with E-state index in [2.05, 4.69) is 9.71 Å². The third-order valence-corrected chi connectivity index (χ3v) is 5.42. The van der Waals surface area contributed by atoms with Crippen LogP contribution in [0.5, 0.6) is 0 Å². The van der Waals surface area contributed by atoms with Gasteiger partial charge in [-0.1, -0.05) is 23.2 Å². The summed E-state index contributed by atoms with van der Waals surface area (Å²) in [7, 11) is -3.96. The highest BCUT2D eigenvalue weighted by Gasteiger charge is 2.22. The predicted molar refractivity (Wildman–Crippen MR) is 79.6 cm³/mol. The highest BCUT2D eigenvalue weighted by atomic mass is 35.5. The molecule has 1 aromatic heterocycles. The van der Waals surface area contributed by atoms with Crippen LogP contribution >= 0.6 is 34.5 Å². The second-order valence-electron chi connectivity index (χ2n) is 3.86. The molecule has 0 radical (unpaired) electrons. The van der Waals surface area contributed by atoms with Crippen molar-refractivity contribution in [2.24, 2.45) is 0 Å². The van der Waals surface area contributed by atoms with E-state index in [4.69, 9.17) is 28.3 Å². The van der Waals surface area contributed by atoms with Gasteiger partial charge >= 0.3 is 5.97 Å². The molecule has 1 heterocycles. The first-order valence-corrected chi connectivity index (χ1v) is 8.52. The maximum Gasteiger partial charge on any atom is 0.337 e. The van der Waals surface area contributed by atoms with Crippen molar-refractivity contribution in [1.29, 1.82) is 0 Å². The number of aromatic nitrogens is 1. The average Bonchev–Trinajstić information content (AvgIpc) is 2.88. The van der Waals surface area contributed by atoms with Crippen LogP contribution < -0.4 is 4.72 Å². The first kappa shape index (κ1) is 16.2. The molecule has 0 saturated carbocycles. The van der Waals surface area contributed by atoms with E-state index in [1.165, 1.54) is 17.5 Å². The zero-order valence-corrected chi connectivity index (χ0v) is 13.4. The fourth-order valence-electron chi connectivity index (χ4n) is 1.47. The largest absolute Gasteiger partial charge is 0.478 e. The molecule has 0 amide bonds. The van der Waals surface area contributed by atoms with Gasteiger partial charge in [0, 0.05) is 17.6 Å². The SMILES string of the molecule is O=C(O)c1cc(S(=O)(=O)NCc2cncs2)c(Cl)cc1Cl. The van der Waals surface area contributed by atoms with Gasteiger partial charge in [-0.25, -0.2) is 17.9 Å². The number of hydrogen-bond acceptors (Lipinski definition) is 5. The van der Waals surface area contributed by atoms with Gasteiger partial charge in [0.1, 0.15) is 4.90 Å². The fourth-order valence-corrected chi connectivity index (χ4v) is 3.96. The van der Waals surface area contributed by atoms with Crippen LogP contribution in [0.4, 0.5) is 0 Å². The summed E-state index contributed by atoms with van der Waals surface area (Å²) < 4.78 is 26.7. The molecule has 0 unspecified atom stereocenters. The van der Waals surface area contributed by atoms with Crippen LogP contribution in [0.2, 0.25) is 10.0 Å². The molecule has 2 rings (SSSR count). The Labute approximate surface area is 134 Å². The lowest BCUT2D eigenvalue weighted by Crippen LogP contribution is -2.23. The molecule has 10 heteroatoms. The lowest BCUT2D eigenvalue weighted by Gasteiger charge is -2.09. The number of rotatable bonds is 5. The zero-order chi connectivity index (χ0) is 15.6. The molecule has 0 aliphatic heterocycles. The van der Waals surface area contributed by atoms with Gasteiger partial charge in [-0.2, -0.15) is 0 Å². The van der Waals surface area contributed by atoms with E-state index < -0.39 is 16.0 Å². The highest BCUT2D eigenvalue weighted by Crippen LogP contribution is 2.28. The normalized spacial score (nSPS) is 11.5. The van der Waals surface area contributed by atoms with Crippen molar-refractivity contribution >= 4 is 50.5 Å². The molecule has 112 valence electrons. The Hall–Kier alpha value is -1.19. The summed E-state index contributed by atoms with van der Waals surface area (Å²) in [6.45, 7) is 0.0361. The maximum atomic E-state index is 12.2. The summed E-state index contributed by atoms with van der Waals surface area (Å²) in [5.41, 5.74) is 1.24. The number of carboxylic acid groups (broad SMARTS) is 1. The van der Waals surface area contributed by atoms with Gasteiger partial charge in [0.15, 0.2) is 0 Å². The molecular weight excluding hydrogens is 359 g/mol. The number of aromatic carboxylic acids is 1. The van der Waals surface area contributed by atoms with Gasteiger partial charge in [0.05, 0.1) is 21.1 Å². The molecule has 2 N–H and O–H groups in total. The van der Waals surface area contributed by atoms with E-state index in [1.54, 1.807) is 5.51 Å². The molecule has 0 spiro atoms. The lowest BCUT2D eigenvalue weighted by molar-refractivity contribution is 0.0697. The van der Waals surface area contributed by atoms with E-state index in [9.17, 15) is 13.2 Å². The fraction of sp³-hybridized carbons (Fsp3) is 0.0909. The third-order valence-electron chi connectivity index (χ3n) is 2.46. The van der Waals surface area contributed by atoms with Crippen LogP contribution in [0.25, 0.3) is 0 Å². The Morgan fingerprint density at radius 3 is 2.62 bits per heavy atom. The van der Waals surface area contributed by atoms with E-state index in [0.29, 0.717) is 4.88 Å². The molecule has 0 bridgehead atoms. The number of hydrogen-bond donors (Lipinski definition) is 2. The summed E-state index contributed by atoms with van der Waals surface area (Å²) >= 11 is 12.9. The van der Waals surface area contributed by atoms with Crippen molar-refractivity contribution < 1.29 is 18.3 Å². The Bertz CT molecular complexity index is 776. The number of benzene rings is 1. The Balaban J connectivity index is 2.35. The summed E-state index contributed by atoms with van der Waals surface area (Å²) in [5.74, 6) is -1.34. The quantitative estimate of drug-likeness (QED) is 0.847. The van der Waals surface area contributed by atoms with Gasteiger partial charge < -0.3 is 5.11 Å². The Morgan fingerprint density at radius 1 is 1.33 bits per heavy atom. The van der Waals surface area contributed by atoms with Crippen LogP contribution in [0, 0.1) is 0 Å². The summed E-state index contributed by atoms with van der Waals surface area (Å²) in [6, 6.07) is 2.02. The molecule has 0 aliphatic carbocycles. The lowest BCUT2D eigenvalue weighted by atomic mass is 10.2. The van der Waals surface area contributed by atoms with Crippen molar-refractivity contribution in [2.45, 2.75) is 11.4 Å². The van der Waals surface area contributed by atoms with Crippen LogP contribution in [0.3, 0.4) is 0 Å². The van der Waals surface area contributed by atoms with E-state index in [1.807, 2.05) is 0 Å². The van der Waals surface area contributed by atoms with Crippen molar-refractivity contribution in [3.63, 3.8) is 0 Å². The second kappa shape index (κ2) is 6.29. The van der Waals surface area contributed by atoms with Crippen molar-refractivity contribution in [2.75, 3.05) is 0 Å². The van der Waals surface area contributed by atoms with Crippen LogP contribution in [-0.2, 0) is 16.6 Å². The van der Waals surface area contributed by atoms with Crippen LogP contribution in [0.15, 0.2) is 28.7 Å². The smallest absolute Gasteiger partial charge is 0.337 e. The number of sulfonamides is 1. The highest BCUT2D eigenvalue weighted by molar-refractivity contribution is 7.89. The molecular formula is C11H8Cl2N2O4S2. The first-order valence-electron chi connectivity index (χ1n) is 5.40. The summed E-state index contributed by atoms with van der Waals surface area (Å²) in [4.78, 5) is 15.2. The molecule has 6 nitrogen and oxygen atoms in total. The van der Waals surface area contributed by atoms with E-state index in [0.717, 1.165) is 12.1 Å². The summed E-state index contributed by atoms with van der Waals surface area (Å²) in [6.07, 6.45) is 1.53. The van der Waals surface area contributed by atoms with Crippen LogP contribution in [0.1, 0.15) is 15.2 Å². The summed E-state index contributed by atoms with van der Waals surface area (Å²) in [5, 5.41) is 8.70. The maximum absolute atomic E-state index is 12.2. The third kappa shape index (κ3) is 3.72. The van der Waals surface area contributed by atoms with Crippen molar-refractivity contribution in [1.82, 2.24) is 9.71 Å². The number of thiazole rings is 1. The second-order valence-corrected chi connectivity index (χ2v) is 7.38.